The van der Waals surface area contributed by atoms with Crippen molar-refractivity contribution in [3.05, 3.63) is 59.4 Å². The Morgan fingerprint density at radius 3 is 2.45 bits per heavy atom. The Bertz CT molecular complexity index is 1080. The summed E-state index contributed by atoms with van der Waals surface area (Å²) in [7, 11) is -2.57. The molecule has 0 radical (unpaired) electrons. The lowest BCUT2D eigenvalue weighted by Gasteiger charge is -2.32. The highest BCUT2D eigenvalue weighted by atomic mass is 32.2. The zero-order valence-corrected chi connectivity index (χ0v) is 16.5. The minimum absolute atomic E-state index is 0.117. The molecular weight excluding hydrogens is 399 g/mol. The van der Waals surface area contributed by atoms with Crippen molar-refractivity contribution < 1.29 is 27.1 Å². The van der Waals surface area contributed by atoms with Crippen molar-refractivity contribution in [3.8, 4) is 5.75 Å². The van der Waals surface area contributed by atoms with Gasteiger partial charge in [0.05, 0.1) is 30.9 Å². The Labute approximate surface area is 167 Å². The summed E-state index contributed by atoms with van der Waals surface area (Å²) in [6, 6.07) is 10.2. The van der Waals surface area contributed by atoms with Gasteiger partial charge in [0.1, 0.15) is 11.6 Å². The van der Waals surface area contributed by atoms with E-state index in [1.807, 2.05) is 0 Å². The van der Waals surface area contributed by atoms with Crippen LogP contribution in [-0.2, 0) is 19.4 Å². The Morgan fingerprint density at radius 1 is 1.10 bits per heavy atom. The number of ether oxygens (including phenoxy) is 2. The lowest BCUT2D eigenvalue weighted by Crippen LogP contribution is -2.43. The van der Waals surface area contributed by atoms with Crippen LogP contribution in [0.3, 0.4) is 0 Å². The molecule has 9 heteroatoms. The van der Waals surface area contributed by atoms with E-state index in [2.05, 4.69) is 0 Å². The summed E-state index contributed by atoms with van der Waals surface area (Å²) in [4.78, 5) is 15.5. The summed E-state index contributed by atoms with van der Waals surface area (Å²) in [5.74, 6) is -0.554. The van der Waals surface area contributed by atoms with Crippen molar-refractivity contribution in [1.29, 1.82) is 0 Å². The molecule has 1 saturated heterocycles. The van der Waals surface area contributed by atoms with Crippen LogP contribution >= 0.6 is 0 Å². The second-order valence-corrected chi connectivity index (χ2v) is 8.47. The molecule has 2 heterocycles. The Balaban J connectivity index is 1.85. The van der Waals surface area contributed by atoms with Gasteiger partial charge in [-0.25, -0.2) is 12.8 Å². The quantitative estimate of drug-likeness (QED) is 0.713. The first-order chi connectivity index (χ1) is 13.9. The molecular formula is C20H19FN2O5S. The molecule has 7 nitrogen and oxygen atoms in total. The predicted octanol–water partition coefficient (Wildman–Crippen LogP) is 2.46. The number of methoxy groups -OCH3 is 1. The SMILES string of the molecule is COc1ccc(N2C=C(C(=O)N3CCOCC3)S(=O)(=O)c3ccc(F)cc32)cc1. The first-order valence-electron chi connectivity index (χ1n) is 8.98. The third-order valence-electron chi connectivity index (χ3n) is 4.87. The summed E-state index contributed by atoms with van der Waals surface area (Å²) in [6.45, 7) is 1.32. The standard InChI is InChI=1S/C20H19FN2O5S/c1-27-16-5-3-15(4-6-16)23-13-19(20(24)22-8-10-28-11-9-22)29(25,26)18-7-2-14(21)12-17(18)23/h2-7,12-13H,8-11H2,1H3. The topological polar surface area (TPSA) is 76.2 Å². The van der Waals surface area contributed by atoms with Crippen LogP contribution in [0, 0.1) is 5.82 Å². The number of sulfone groups is 1. The van der Waals surface area contributed by atoms with Crippen LogP contribution in [0.25, 0.3) is 0 Å². The molecule has 29 heavy (non-hydrogen) atoms. The van der Waals surface area contributed by atoms with Gasteiger partial charge in [-0.1, -0.05) is 0 Å². The maximum absolute atomic E-state index is 13.9. The van der Waals surface area contributed by atoms with E-state index in [9.17, 15) is 17.6 Å². The second kappa shape index (κ2) is 7.49. The largest absolute Gasteiger partial charge is 0.497 e. The number of carbonyl (C=O) groups is 1. The van der Waals surface area contributed by atoms with Gasteiger partial charge in [-0.2, -0.15) is 0 Å². The summed E-state index contributed by atoms with van der Waals surface area (Å²) in [5.41, 5.74) is 0.716. The molecule has 0 N–H and O–H groups in total. The zero-order chi connectivity index (χ0) is 20.6. The molecule has 0 aliphatic carbocycles. The molecule has 0 aromatic heterocycles. The smallest absolute Gasteiger partial charge is 0.267 e. The number of hydrogen-bond acceptors (Lipinski definition) is 6. The van der Waals surface area contributed by atoms with E-state index in [-0.39, 0.29) is 15.5 Å². The van der Waals surface area contributed by atoms with Crippen LogP contribution in [0.15, 0.2) is 58.5 Å². The number of rotatable bonds is 3. The third-order valence-corrected chi connectivity index (χ3v) is 6.65. The van der Waals surface area contributed by atoms with Crippen molar-refractivity contribution in [1.82, 2.24) is 4.90 Å². The average molecular weight is 418 g/mol. The zero-order valence-electron chi connectivity index (χ0n) is 15.7. The molecule has 1 fully saturated rings. The number of carbonyl (C=O) groups excluding carboxylic acids is 1. The van der Waals surface area contributed by atoms with Gasteiger partial charge in [-0.3, -0.25) is 4.79 Å². The van der Waals surface area contributed by atoms with Crippen LogP contribution in [0.5, 0.6) is 5.75 Å². The molecule has 4 rings (SSSR count). The summed E-state index contributed by atoms with van der Waals surface area (Å²) in [5, 5.41) is 0. The third kappa shape index (κ3) is 3.47. The molecule has 1 amide bonds. The fraction of sp³-hybridized carbons (Fsp3) is 0.250. The van der Waals surface area contributed by atoms with Gasteiger partial charge in [0.2, 0.25) is 9.84 Å². The number of fused-ring (bicyclic) bond motifs is 1. The van der Waals surface area contributed by atoms with E-state index in [1.54, 1.807) is 24.3 Å². The lowest BCUT2D eigenvalue weighted by molar-refractivity contribution is -0.130. The van der Waals surface area contributed by atoms with Crippen molar-refractivity contribution in [2.24, 2.45) is 0 Å². The highest BCUT2D eigenvalue weighted by Gasteiger charge is 2.38. The molecule has 2 aromatic carbocycles. The van der Waals surface area contributed by atoms with Gasteiger partial charge >= 0.3 is 0 Å². The Hall–Kier alpha value is -2.91. The van der Waals surface area contributed by atoms with Crippen molar-refractivity contribution >= 4 is 27.1 Å². The highest BCUT2D eigenvalue weighted by Crippen LogP contribution is 2.40. The molecule has 0 spiro atoms. The molecule has 0 saturated carbocycles. The molecule has 0 atom stereocenters. The lowest BCUT2D eigenvalue weighted by atomic mass is 10.2. The summed E-state index contributed by atoms with van der Waals surface area (Å²) >= 11 is 0. The van der Waals surface area contributed by atoms with Gasteiger partial charge in [0.25, 0.3) is 5.91 Å². The van der Waals surface area contributed by atoms with Crippen LogP contribution in [0.2, 0.25) is 0 Å². The number of morpholine rings is 1. The number of hydrogen-bond donors (Lipinski definition) is 0. The average Bonchev–Trinajstić information content (AvgIpc) is 2.74. The van der Waals surface area contributed by atoms with E-state index in [0.717, 1.165) is 12.1 Å². The molecule has 152 valence electrons. The number of anilines is 2. The number of halogens is 1. The first kappa shape index (κ1) is 19.4. The highest BCUT2D eigenvalue weighted by molar-refractivity contribution is 7.96. The molecule has 2 aliphatic heterocycles. The fourth-order valence-electron chi connectivity index (χ4n) is 3.33. The van der Waals surface area contributed by atoms with Crippen LogP contribution in [0.1, 0.15) is 0 Å². The molecule has 0 bridgehead atoms. The number of nitrogens with zero attached hydrogens (tertiary/aromatic N) is 2. The van der Waals surface area contributed by atoms with Crippen LogP contribution in [-0.4, -0.2) is 52.6 Å². The van der Waals surface area contributed by atoms with Crippen molar-refractivity contribution in [3.63, 3.8) is 0 Å². The molecule has 0 unspecified atom stereocenters. The van der Waals surface area contributed by atoms with Gasteiger partial charge in [0, 0.05) is 25.0 Å². The Kier molecular flexibility index (Phi) is 5.01. The van der Waals surface area contributed by atoms with E-state index in [0.29, 0.717) is 37.7 Å². The maximum atomic E-state index is 13.9. The molecule has 2 aliphatic rings. The van der Waals surface area contributed by atoms with Gasteiger partial charge in [0.15, 0.2) is 4.91 Å². The second-order valence-electron chi connectivity index (χ2n) is 6.58. The summed E-state index contributed by atoms with van der Waals surface area (Å²) in [6.07, 6.45) is 1.26. The van der Waals surface area contributed by atoms with Crippen LogP contribution in [0.4, 0.5) is 15.8 Å². The fourth-order valence-corrected chi connectivity index (χ4v) is 4.85. The van der Waals surface area contributed by atoms with E-state index < -0.39 is 21.6 Å². The van der Waals surface area contributed by atoms with E-state index in [1.165, 1.54) is 29.2 Å². The van der Waals surface area contributed by atoms with E-state index in [4.69, 9.17) is 9.47 Å². The van der Waals surface area contributed by atoms with Gasteiger partial charge < -0.3 is 19.3 Å². The van der Waals surface area contributed by atoms with E-state index >= 15 is 0 Å². The van der Waals surface area contributed by atoms with Gasteiger partial charge in [-0.15, -0.1) is 0 Å². The summed E-state index contributed by atoms with van der Waals surface area (Å²) < 4.78 is 50.7. The molecule has 2 aromatic rings. The minimum atomic E-state index is -4.11. The van der Waals surface area contributed by atoms with Crippen molar-refractivity contribution in [2.75, 3.05) is 38.3 Å². The normalized spacial score (nSPS) is 18.1. The number of amides is 1. The maximum Gasteiger partial charge on any atom is 0.267 e. The van der Waals surface area contributed by atoms with Crippen molar-refractivity contribution in [2.45, 2.75) is 4.90 Å². The predicted molar refractivity (Wildman–Crippen MR) is 104 cm³/mol. The van der Waals surface area contributed by atoms with Gasteiger partial charge in [-0.05, 0) is 42.5 Å². The first-order valence-corrected chi connectivity index (χ1v) is 10.5. The van der Waals surface area contributed by atoms with Crippen LogP contribution < -0.4 is 9.64 Å². The minimum Gasteiger partial charge on any atom is -0.497 e. The monoisotopic (exact) mass is 418 g/mol. The number of benzene rings is 2. The Morgan fingerprint density at radius 2 is 1.79 bits per heavy atom.